The molecule has 0 aliphatic carbocycles. The van der Waals surface area contributed by atoms with Gasteiger partial charge in [0.1, 0.15) is 0 Å². The second-order valence-corrected chi connectivity index (χ2v) is 8.00. The standard InChI is InChI=1S/C23H27ClN2O2/c1-16(17(2)25-22(27)20-6-4-3-5-7-20)23(28)26-14-12-19(13-15-26)18-8-10-21(24)11-9-18/h3-11,16-17,19H,12-15H2,1-2H3,(H,25,27). The van der Waals surface area contributed by atoms with Gasteiger partial charge in [0.15, 0.2) is 0 Å². The van der Waals surface area contributed by atoms with Crippen LogP contribution in [0.4, 0.5) is 0 Å². The predicted molar refractivity (Wildman–Crippen MR) is 113 cm³/mol. The van der Waals surface area contributed by atoms with Gasteiger partial charge >= 0.3 is 0 Å². The fourth-order valence-corrected chi connectivity index (χ4v) is 3.80. The molecule has 1 aliphatic heterocycles. The molecule has 0 radical (unpaired) electrons. The largest absolute Gasteiger partial charge is 0.349 e. The third kappa shape index (κ3) is 4.93. The SMILES string of the molecule is CC(NC(=O)c1ccccc1)C(C)C(=O)N1CCC(c2ccc(Cl)cc2)CC1. The lowest BCUT2D eigenvalue weighted by Crippen LogP contribution is -2.47. The zero-order chi connectivity index (χ0) is 20.1. The second kappa shape index (κ2) is 9.24. The minimum Gasteiger partial charge on any atom is -0.349 e. The molecule has 2 atom stereocenters. The number of rotatable bonds is 5. The number of likely N-dealkylation sites (tertiary alicyclic amines) is 1. The lowest BCUT2D eigenvalue weighted by atomic mass is 9.88. The fraction of sp³-hybridized carbons (Fsp3) is 0.391. The Kier molecular flexibility index (Phi) is 6.74. The second-order valence-electron chi connectivity index (χ2n) is 7.57. The number of halogens is 1. The summed E-state index contributed by atoms with van der Waals surface area (Å²) in [5.74, 6) is 0.163. The summed E-state index contributed by atoms with van der Waals surface area (Å²) in [5, 5.41) is 3.70. The molecular weight excluding hydrogens is 372 g/mol. The molecule has 3 rings (SSSR count). The van der Waals surface area contributed by atoms with Crippen molar-refractivity contribution in [3.63, 3.8) is 0 Å². The number of hydrogen-bond donors (Lipinski definition) is 1. The van der Waals surface area contributed by atoms with Crippen LogP contribution in [0, 0.1) is 5.92 Å². The van der Waals surface area contributed by atoms with Gasteiger partial charge in [0.05, 0.1) is 5.92 Å². The first-order valence-electron chi connectivity index (χ1n) is 9.86. The van der Waals surface area contributed by atoms with Crippen LogP contribution < -0.4 is 5.32 Å². The predicted octanol–water partition coefficient (Wildman–Crippen LogP) is 4.50. The Morgan fingerprint density at radius 2 is 1.61 bits per heavy atom. The number of carbonyl (C=O) groups excluding carboxylic acids is 2. The molecule has 2 unspecified atom stereocenters. The molecule has 0 aromatic heterocycles. The van der Waals surface area contributed by atoms with Crippen LogP contribution in [0.5, 0.6) is 0 Å². The van der Waals surface area contributed by atoms with Gasteiger partial charge in [-0.1, -0.05) is 48.9 Å². The molecule has 28 heavy (non-hydrogen) atoms. The molecular formula is C23H27ClN2O2. The van der Waals surface area contributed by atoms with E-state index in [0.717, 1.165) is 31.0 Å². The average Bonchev–Trinajstić information content (AvgIpc) is 2.74. The topological polar surface area (TPSA) is 49.4 Å². The lowest BCUT2D eigenvalue weighted by molar-refractivity contribution is -0.136. The smallest absolute Gasteiger partial charge is 0.251 e. The molecule has 0 saturated carbocycles. The number of amides is 2. The molecule has 0 spiro atoms. The number of carbonyl (C=O) groups is 2. The van der Waals surface area contributed by atoms with Gasteiger partial charge in [-0.15, -0.1) is 0 Å². The summed E-state index contributed by atoms with van der Waals surface area (Å²) in [7, 11) is 0. The zero-order valence-corrected chi connectivity index (χ0v) is 17.2. The molecule has 2 amide bonds. The number of piperidine rings is 1. The Hall–Kier alpha value is -2.33. The number of nitrogens with zero attached hydrogens (tertiary/aromatic N) is 1. The van der Waals surface area contributed by atoms with E-state index in [1.54, 1.807) is 12.1 Å². The van der Waals surface area contributed by atoms with Crippen LogP contribution >= 0.6 is 11.6 Å². The van der Waals surface area contributed by atoms with E-state index in [1.165, 1.54) is 5.56 Å². The van der Waals surface area contributed by atoms with Crippen LogP contribution in [0.25, 0.3) is 0 Å². The van der Waals surface area contributed by atoms with E-state index in [0.29, 0.717) is 11.5 Å². The van der Waals surface area contributed by atoms with Crippen molar-refractivity contribution in [2.24, 2.45) is 5.92 Å². The maximum absolute atomic E-state index is 12.9. The molecule has 5 heteroatoms. The average molecular weight is 399 g/mol. The number of benzene rings is 2. The molecule has 1 heterocycles. The maximum atomic E-state index is 12.9. The van der Waals surface area contributed by atoms with Gasteiger partial charge in [-0.05, 0) is 55.5 Å². The molecule has 148 valence electrons. The van der Waals surface area contributed by atoms with E-state index in [1.807, 2.05) is 49.1 Å². The summed E-state index contributed by atoms with van der Waals surface area (Å²) >= 11 is 5.97. The van der Waals surface area contributed by atoms with Crippen LogP contribution in [-0.4, -0.2) is 35.8 Å². The van der Waals surface area contributed by atoms with E-state index in [2.05, 4.69) is 17.4 Å². The number of nitrogens with one attached hydrogen (secondary N) is 1. The van der Waals surface area contributed by atoms with Crippen molar-refractivity contribution in [1.29, 1.82) is 0 Å². The van der Waals surface area contributed by atoms with E-state index < -0.39 is 0 Å². The van der Waals surface area contributed by atoms with E-state index >= 15 is 0 Å². The highest BCUT2D eigenvalue weighted by Gasteiger charge is 2.30. The van der Waals surface area contributed by atoms with Gasteiger partial charge in [-0.25, -0.2) is 0 Å². The van der Waals surface area contributed by atoms with E-state index in [-0.39, 0.29) is 23.8 Å². The quantitative estimate of drug-likeness (QED) is 0.806. The van der Waals surface area contributed by atoms with Gasteiger partial charge in [-0.3, -0.25) is 9.59 Å². The van der Waals surface area contributed by atoms with Crippen LogP contribution in [0.15, 0.2) is 54.6 Å². The summed E-state index contributed by atoms with van der Waals surface area (Å²) < 4.78 is 0. The highest BCUT2D eigenvalue weighted by atomic mass is 35.5. The van der Waals surface area contributed by atoms with Gasteiger partial charge < -0.3 is 10.2 Å². The van der Waals surface area contributed by atoms with Crippen molar-refractivity contribution in [2.45, 2.75) is 38.6 Å². The molecule has 1 saturated heterocycles. The lowest BCUT2D eigenvalue weighted by Gasteiger charge is -2.35. The van der Waals surface area contributed by atoms with Crippen molar-refractivity contribution < 1.29 is 9.59 Å². The van der Waals surface area contributed by atoms with Crippen molar-refractivity contribution in [1.82, 2.24) is 10.2 Å². The summed E-state index contributed by atoms with van der Waals surface area (Å²) in [5.41, 5.74) is 1.89. The van der Waals surface area contributed by atoms with Crippen molar-refractivity contribution in [3.8, 4) is 0 Å². The van der Waals surface area contributed by atoms with Crippen LogP contribution in [0.1, 0.15) is 48.5 Å². The summed E-state index contributed by atoms with van der Waals surface area (Å²) in [4.78, 5) is 27.2. The zero-order valence-electron chi connectivity index (χ0n) is 16.4. The van der Waals surface area contributed by atoms with E-state index in [9.17, 15) is 9.59 Å². The van der Waals surface area contributed by atoms with Gasteiger partial charge in [0.2, 0.25) is 5.91 Å². The molecule has 1 fully saturated rings. The first-order valence-corrected chi connectivity index (χ1v) is 10.2. The van der Waals surface area contributed by atoms with Crippen molar-refractivity contribution in [3.05, 3.63) is 70.7 Å². The van der Waals surface area contributed by atoms with Crippen LogP contribution in [0.2, 0.25) is 5.02 Å². The third-order valence-electron chi connectivity index (χ3n) is 5.68. The van der Waals surface area contributed by atoms with Crippen molar-refractivity contribution in [2.75, 3.05) is 13.1 Å². The maximum Gasteiger partial charge on any atom is 0.251 e. The Bertz CT molecular complexity index is 799. The van der Waals surface area contributed by atoms with Gasteiger partial charge in [-0.2, -0.15) is 0 Å². The van der Waals surface area contributed by atoms with Crippen LogP contribution in [0.3, 0.4) is 0 Å². The molecule has 4 nitrogen and oxygen atoms in total. The Morgan fingerprint density at radius 3 is 2.21 bits per heavy atom. The first-order chi connectivity index (χ1) is 13.5. The Morgan fingerprint density at radius 1 is 1.00 bits per heavy atom. The van der Waals surface area contributed by atoms with Gasteiger partial charge in [0, 0.05) is 29.7 Å². The molecule has 0 bridgehead atoms. The highest BCUT2D eigenvalue weighted by molar-refractivity contribution is 6.30. The fourth-order valence-electron chi connectivity index (χ4n) is 3.67. The minimum absolute atomic E-state index is 0.107. The molecule has 1 N–H and O–H groups in total. The number of hydrogen-bond acceptors (Lipinski definition) is 2. The Labute approximate surface area is 171 Å². The molecule has 1 aliphatic rings. The minimum atomic E-state index is -0.264. The molecule has 2 aromatic carbocycles. The van der Waals surface area contributed by atoms with Crippen LogP contribution in [-0.2, 0) is 4.79 Å². The summed E-state index contributed by atoms with van der Waals surface area (Å²) in [6.45, 7) is 5.28. The normalized spacial score (nSPS) is 17.0. The van der Waals surface area contributed by atoms with Gasteiger partial charge in [0.25, 0.3) is 5.91 Å². The Balaban J connectivity index is 1.52. The monoisotopic (exact) mass is 398 g/mol. The van der Waals surface area contributed by atoms with Crippen molar-refractivity contribution >= 4 is 23.4 Å². The first kappa shape index (κ1) is 20.4. The van der Waals surface area contributed by atoms with E-state index in [4.69, 9.17) is 11.6 Å². The molecule has 2 aromatic rings. The third-order valence-corrected chi connectivity index (χ3v) is 5.93. The summed E-state index contributed by atoms with van der Waals surface area (Å²) in [6, 6.07) is 16.9. The summed E-state index contributed by atoms with van der Waals surface area (Å²) in [6.07, 6.45) is 1.90. The highest BCUT2D eigenvalue weighted by Crippen LogP contribution is 2.29.